The maximum absolute atomic E-state index is 12.1. The number of benzene rings is 1. The van der Waals surface area contributed by atoms with Crippen LogP contribution in [0.25, 0.3) is 0 Å². The lowest BCUT2D eigenvalue weighted by Gasteiger charge is -2.14. The van der Waals surface area contributed by atoms with Crippen molar-refractivity contribution in [3.63, 3.8) is 0 Å². The Hall–Kier alpha value is -1.88. The van der Waals surface area contributed by atoms with Crippen molar-refractivity contribution in [1.82, 2.24) is 5.32 Å². The van der Waals surface area contributed by atoms with Gasteiger partial charge in [-0.2, -0.15) is 0 Å². The molecule has 5 nitrogen and oxygen atoms in total. The molecule has 1 rings (SSSR count). The van der Waals surface area contributed by atoms with E-state index in [1.54, 1.807) is 19.2 Å². The normalized spacial score (nSPS) is 12.2. The highest BCUT2D eigenvalue weighted by atomic mass is 16.5. The molecule has 1 aromatic carbocycles. The molecule has 5 heteroatoms. The average molecular weight is 293 g/mol. The fourth-order valence-electron chi connectivity index (χ4n) is 1.95. The summed E-state index contributed by atoms with van der Waals surface area (Å²) in [6, 6.07) is 6.33. The molecule has 0 aliphatic rings. The van der Waals surface area contributed by atoms with Crippen LogP contribution in [0.2, 0.25) is 0 Å². The molecule has 1 amide bonds. The fraction of sp³-hybridized carbons (Fsp3) is 0.500. The monoisotopic (exact) mass is 293 g/mol. The number of carboxylic acid groups (broad SMARTS) is 1. The summed E-state index contributed by atoms with van der Waals surface area (Å²) in [6.07, 6.45) is 0.930. The number of carbonyl (C=O) groups excluding carboxylic acids is 1. The standard InChI is InChI=1S/C16H23NO4/c1-11(2)12-6-8-13(9-7-12)15(18)17-14(16(19)20)5-4-10-21-3/h6-9,11,14H,4-5,10H2,1-3H3,(H,17,18)(H,19,20). The molecule has 116 valence electrons. The molecule has 0 saturated carbocycles. The van der Waals surface area contributed by atoms with Crippen LogP contribution in [-0.2, 0) is 9.53 Å². The molecular weight excluding hydrogens is 270 g/mol. The Morgan fingerprint density at radius 1 is 1.24 bits per heavy atom. The zero-order chi connectivity index (χ0) is 15.8. The maximum Gasteiger partial charge on any atom is 0.326 e. The van der Waals surface area contributed by atoms with Crippen LogP contribution in [0.15, 0.2) is 24.3 Å². The van der Waals surface area contributed by atoms with Crippen LogP contribution in [0.4, 0.5) is 0 Å². The smallest absolute Gasteiger partial charge is 0.326 e. The molecule has 2 N–H and O–H groups in total. The van der Waals surface area contributed by atoms with E-state index in [0.29, 0.717) is 30.9 Å². The number of carbonyl (C=O) groups is 2. The number of methoxy groups -OCH3 is 1. The first-order chi connectivity index (χ1) is 9.95. The van der Waals surface area contributed by atoms with Crippen molar-refractivity contribution in [2.24, 2.45) is 0 Å². The summed E-state index contributed by atoms with van der Waals surface area (Å²) in [6.45, 7) is 4.62. The number of ether oxygens (including phenoxy) is 1. The van der Waals surface area contributed by atoms with E-state index in [0.717, 1.165) is 5.56 Å². The molecule has 0 bridgehead atoms. The van der Waals surface area contributed by atoms with Gasteiger partial charge >= 0.3 is 5.97 Å². The van der Waals surface area contributed by atoms with Gasteiger partial charge in [0.05, 0.1) is 0 Å². The topological polar surface area (TPSA) is 75.6 Å². The Morgan fingerprint density at radius 3 is 2.33 bits per heavy atom. The van der Waals surface area contributed by atoms with Gasteiger partial charge in [0, 0.05) is 19.3 Å². The minimum absolute atomic E-state index is 0.346. The first kappa shape index (κ1) is 17.2. The van der Waals surface area contributed by atoms with E-state index in [1.165, 1.54) is 0 Å². The zero-order valence-corrected chi connectivity index (χ0v) is 12.8. The van der Waals surface area contributed by atoms with Crippen molar-refractivity contribution >= 4 is 11.9 Å². The van der Waals surface area contributed by atoms with Crippen LogP contribution in [0, 0.1) is 0 Å². The van der Waals surface area contributed by atoms with Gasteiger partial charge in [-0.15, -0.1) is 0 Å². The number of hydrogen-bond donors (Lipinski definition) is 2. The highest BCUT2D eigenvalue weighted by molar-refractivity contribution is 5.96. The minimum Gasteiger partial charge on any atom is -0.480 e. The average Bonchev–Trinajstić information content (AvgIpc) is 2.46. The first-order valence-corrected chi connectivity index (χ1v) is 7.08. The third kappa shape index (κ3) is 5.55. The van der Waals surface area contributed by atoms with Crippen LogP contribution >= 0.6 is 0 Å². The Morgan fingerprint density at radius 2 is 1.86 bits per heavy atom. The zero-order valence-electron chi connectivity index (χ0n) is 12.8. The number of hydrogen-bond acceptors (Lipinski definition) is 3. The number of amides is 1. The van der Waals surface area contributed by atoms with Crippen molar-refractivity contribution in [3.05, 3.63) is 35.4 Å². The SMILES string of the molecule is COCCCC(NC(=O)c1ccc(C(C)C)cc1)C(=O)O. The Kier molecular flexibility index (Phi) is 6.88. The quantitative estimate of drug-likeness (QED) is 0.722. The van der Waals surface area contributed by atoms with E-state index >= 15 is 0 Å². The van der Waals surface area contributed by atoms with Gasteiger partial charge in [0.25, 0.3) is 5.91 Å². The van der Waals surface area contributed by atoms with Crippen molar-refractivity contribution in [2.45, 2.75) is 38.6 Å². The largest absolute Gasteiger partial charge is 0.480 e. The van der Waals surface area contributed by atoms with Crippen molar-refractivity contribution in [2.75, 3.05) is 13.7 Å². The summed E-state index contributed by atoms with van der Waals surface area (Å²) in [5.74, 6) is -1.00. The Labute approximate surface area is 125 Å². The van der Waals surface area contributed by atoms with Gasteiger partial charge in [-0.25, -0.2) is 4.79 Å². The molecule has 1 aromatic rings. The summed E-state index contributed by atoms with van der Waals surface area (Å²) in [5.41, 5.74) is 1.61. The molecule has 0 aromatic heterocycles. The van der Waals surface area contributed by atoms with Gasteiger partial charge in [-0.3, -0.25) is 4.79 Å². The number of rotatable bonds is 8. The lowest BCUT2D eigenvalue weighted by Crippen LogP contribution is -2.40. The highest BCUT2D eigenvalue weighted by Gasteiger charge is 2.20. The second kappa shape index (κ2) is 8.42. The predicted octanol–water partition coefficient (Wildman–Crippen LogP) is 2.42. The van der Waals surface area contributed by atoms with Gasteiger partial charge in [0.1, 0.15) is 6.04 Å². The van der Waals surface area contributed by atoms with Crippen molar-refractivity contribution in [3.8, 4) is 0 Å². The van der Waals surface area contributed by atoms with E-state index in [2.05, 4.69) is 19.2 Å². The predicted molar refractivity (Wildman–Crippen MR) is 80.5 cm³/mol. The van der Waals surface area contributed by atoms with Crippen molar-refractivity contribution < 1.29 is 19.4 Å². The number of nitrogens with one attached hydrogen (secondary N) is 1. The lowest BCUT2D eigenvalue weighted by atomic mass is 10.0. The van der Waals surface area contributed by atoms with Crippen molar-refractivity contribution in [1.29, 1.82) is 0 Å². The maximum atomic E-state index is 12.1. The van der Waals surface area contributed by atoms with Gasteiger partial charge in [-0.1, -0.05) is 26.0 Å². The third-order valence-corrected chi connectivity index (χ3v) is 3.28. The molecule has 1 unspecified atom stereocenters. The van der Waals surface area contributed by atoms with E-state index in [-0.39, 0.29) is 5.91 Å². The first-order valence-electron chi connectivity index (χ1n) is 7.08. The molecule has 0 radical (unpaired) electrons. The second-order valence-corrected chi connectivity index (χ2v) is 5.28. The highest BCUT2D eigenvalue weighted by Crippen LogP contribution is 2.14. The molecular formula is C16H23NO4. The summed E-state index contributed by atoms with van der Waals surface area (Å²) >= 11 is 0. The molecule has 0 fully saturated rings. The van der Waals surface area contributed by atoms with Crippen LogP contribution < -0.4 is 5.32 Å². The van der Waals surface area contributed by atoms with Crippen LogP contribution in [-0.4, -0.2) is 36.7 Å². The molecule has 0 aliphatic heterocycles. The summed E-state index contributed by atoms with van der Waals surface area (Å²) in [4.78, 5) is 23.2. The summed E-state index contributed by atoms with van der Waals surface area (Å²) < 4.78 is 4.89. The van der Waals surface area contributed by atoms with Gasteiger partial charge in [-0.05, 0) is 36.5 Å². The van der Waals surface area contributed by atoms with Crippen LogP contribution in [0.1, 0.15) is 48.5 Å². The third-order valence-electron chi connectivity index (χ3n) is 3.28. The molecule has 0 spiro atoms. The van der Waals surface area contributed by atoms with Gasteiger partial charge in [0.2, 0.25) is 0 Å². The summed E-state index contributed by atoms with van der Waals surface area (Å²) in [7, 11) is 1.56. The molecule has 0 saturated heterocycles. The molecule has 21 heavy (non-hydrogen) atoms. The Bertz CT molecular complexity index is 468. The second-order valence-electron chi connectivity index (χ2n) is 5.28. The van der Waals surface area contributed by atoms with E-state index in [4.69, 9.17) is 9.84 Å². The van der Waals surface area contributed by atoms with E-state index in [9.17, 15) is 9.59 Å². The number of carboxylic acids is 1. The summed E-state index contributed by atoms with van der Waals surface area (Å²) in [5, 5.41) is 11.7. The fourth-order valence-corrected chi connectivity index (χ4v) is 1.95. The minimum atomic E-state index is -1.03. The van der Waals surface area contributed by atoms with Gasteiger partial charge in [0.15, 0.2) is 0 Å². The van der Waals surface area contributed by atoms with E-state index < -0.39 is 12.0 Å². The number of aliphatic carboxylic acids is 1. The van der Waals surface area contributed by atoms with E-state index in [1.807, 2.05) is 12.1 Å². The van der Waals surface area contributed by atoms with Crippen LogP contribution in [0.5, 0.6) is 0 Å². The Balaban J connectivity index is 2.66. The van der Waals surface area contributed by atoms with Gasteiger partial charge < -0.3 is 15.2 Å². The molecule has 0 heterocycles. The molecule has 0 aliphatic carbocycles. The van der Waals surface area contributed by atoms with Crippen LogP contribution in [0.3, 0.4) is 0 Å². The lowest BCUT2D eigenvalue weighted by molar-refractivity contribution is -0.139. The molecule has 1 atom stereocenters.